The van der Waals surface area contributed by atoms with Gasteiger partial charge in [-0.1, -0.05) is 80.4 Å². The highest BCUT2D eigenvalue weighted by Crippen LogP contribution is 1.97. The average molecular weight is 184 g/mol. The standard InChI is InChI=1S/C8H8.C6H8/c1-2-8-6-4-3-5-7-8;1-3-5-6-4-2/h2-7H,1H2;3-6H,1-2H2. The van der Waals surface area contributed by atoms with Crippen LogP contribution >= 0.6 is 0 Å². The molecule has 0 saturated heterocycles. The molecule has 0 aliphatic rings. The van der Waals surface area contributed by atoms with Crippen molar-refractivity contribution >= 4 is 6.08 Å². The minimum atomic E-state index is 1.17. The van der Waals surface area contributed by atoms with Crippen LogP contribution in [0.1, 0.15) is 5.56 Å². The maximum atomic E-state index is 3.63. The van der Waals surface area contributed by atoms with Crippen molar-refractivity contribution in [1.29, 1.82) is 0 Å². The molecule has 0 spiro atoms. The third kappa shape index (κ3) is 6.86. The molecule has 0 heterocycles. The molecular formula is C14H16. The molecule has 0 N–H and O–H groups in total. The number of rotatable bonds is 3. The Morgan fingerprint density at radius 1 is 0.786 bits per heavy atom. The fourth-order valence-electron chi connectivity index (χ4n) is 0.746. The SMILES string of the molecule is C=CC=CC=C.C=Cc1ccccc1. The lowest BCUT2D eigenvalue weighted by Crippen LogP contribution is -1.63. The predicted molar refractivity (Wildman–Crippen MR) is 66.1 cm³/mol. The lowest BCUT2D eigenvalue weighted by atomic mass is 10.2. The Kier molecular flexibility index (Phi) is 8.06. The highest BCUT2D eigenvalue weighted by molar-refractivity contribution is 5.45. The van der Waals surface area contributed by atoms with Gasteiger partial charge in [0.15, 0.2) is 0 Å². The van der Waals surface area contributed by atoms with E-state index in [9.17, 15) is 0 Å². The van der Waals surface area contributed by atoms with Crippen LogP contribution in [0, 0.1) is 0 Å². The summed E-state index contributed by atoms with van der Waals surface area (Å²) in [6.07, 6.45) is 8.91. The number of allylic oxidation sites excluding steroid dienone is 4. The Balaban J connectivity index is 0.000000255. The molecule has 0 unspecified atom stereocenters. The lowest BCUT2D eigenvalue weighted by molar-refractivity contribution is 1.67. The smallest absolute Gasteiger partial charge is 0.0263 e. The van der Waals surface area contributed by atoms with Crippen LogP contribution in [0.25, 0.3) is 6.08 Å². The molecule has 0 nitrogen and oxygen atoms in total. The van der Waals surface area contributed by atoms with Crippen molar-refractivity contribution in [3.05, 3.63) is 79.9 Å². The van der Waals surface area contributed by atoms with Gasteiger partial charge in [0, 0.05) is 0 Å². The predicted octanol–water partition coefficient (Wildman–Crippen LogP) is 4.24. The third-order valence-electron chi connectivity index (χ3n) is 1.42. The molecule has 1 aromatic carbocycles. The molecule has 0 radical (unpaired) electrons. The van der Waals surface area contributed by atoms with E-state index in [4.69, 9.17) is 0 Å². The molecule has 0 atom stereocenters. The van der Waals surface area contributed by atoms with Crippen LogP contribution in [0.15, 0.2) is 74.4 Å². The Morgan fingerprint density at radius 3 is 1.57 bits per heavy atom. The van der Waals surface area contributed by atoms with Crippen LogP contribution in [0.4, 0.5) is 0 Å². The number of hydrogen-bond donors (Lipinski definition) is 0. The van der Waals surface area contributed by atoms with E-state index in [2.05, 4.69) is 19.7 Å². The molecule has 0 amide bonds. The van der Waals surface area contributed by atoms with Crippen LogP contribution in [0.3, 0.4) is 0 Å². The first kappa shape index (κ1) is 12.2. The fourth-order valence-corrected chi connectivity index (χ4v) is 0.746. The quantitative estimate of drug-likeness (QED) is 0.616. The zero-order valence-electron chi connectivity index (χ0n) is 8.39. The van der Waals surface area contributed by atoms with Crippen molar-refractivity contribution in [2.45, 2.75) is 0 Å². The van der Waals surface area contributed by atoms with Crippen molar-refractivity contribution in [2.75, 3.05) is 0 Å². The molecule has 0 saturated carbocycles. The highest BCUT2D eigenvalue weighted by Gasteiger charge is 1.75. The summed E-state index contributed by atoms with van der Waals surface area (Å²) in [6.45, 7) is 10.6. The second-order valence-electron chi connectivity index (χ2n) is 2.47. The van der Waals surface area contributed by atoms with Gasteiger partial charge >= 0.3 is 0 Å². The maximum absolute atomic E-state index is 3.63. The van der Waals surface area contributed by atoms with Gasteiger partial charge in [-0.2, -0.15) is 0 Å². The van der Waals surface area contributed by atoms with Gasteiger partial charge in [-0.15, -0.1) is 0 Å². The molecule has 0 aromatic heterocycles. The molecule has 14 heavy (non-hydrogen) atoms. The van der Waals surface area contributed by atoms with E-state index in [1.807, 2.05) is 48.6 Å². The van der Waals surface area contributed by atoms with Crippen LogP contribution in [0.5, 0.6) is 0 Å². The Labute approximate surface area is 86.6 Å². The van der Waals surface area contributed by atoms with Crippen molar-refractivity contribution in [2.24, 2.45) is 0 Å². The maximum Gasteiger partial charge on any atom is -0.0263 e. The van der Waals surface area contributed by atoms with Gasteiger partial charge in [-0.3, -0.25) is 0 Å². The molecule has 0 heteroatoms. The second kappa shape index (κ2) is 9.27. The largest absolute Gasteiger partial charge is 0.0991 e. The summed E-state index contributed by atoms with van der Waals surface area (Å²) in [5.74, 6) is 0. The van der Waals surface area contributed by atoms with Gasteiger partial charge in [-0.05, 0) is 5.56 Å². The average Bonchev–Trinajstić information content (AvgIpc) is 2.28. The third-order valence-corrected chi connectivity index (χ3v) is 1.42. The van der Waals surface area contributed by atoms with Crippen LogP contribution in [-0.4, -0.2) is 0 Å². The molecule has 1 aromatic rings. The first-order valence-corrected chi connectivity index (χ1v) is 4.42. The highest BCUT2D eigenvalue weighted by atomic mass is 13.8. The minimum Gasteiger partial charge on any atom is -0.0991 e. The number of benzene rings is 1. The van der Waals surface area contributed by atoms with E-state index in [1.165, 1.54) is 5.56 Å². The molecule has 0 aliphatic carbocycles. The van der Waals surface area contributed by atoms with Crippen molar-refractivity contribution < 1.29 is 0 Å². The van der Waals surface area contributed by atoms with Gasteiger partial charge in [0.1, 0.15) is 0 Å². The lowest BCUT2D eigenvalue weighted by Gasteiger charge is -1.85. The van der Waals surface area contributed by atoms with Crippen LogP contribution < -0.4 is 0 Å². The topological polar surface area (TPSA) is 0 Å². The van der Waals surface area contributed by atoms with Crippen LogP contribution in [-0.2, 0) is 0 Å². The molecule has 0 bridgehead atoms. The molecule has 0 aliphatic heterocycles. The Bertz CT molecular complexity index is 281. The van der Waals surface area contributed by atoms with E-state index in [0.29, 0.717) is 0 Å². The van der Waals surface area contributed by atoms with Gasteiger partial charge in [0.2, 0.25) is 0 Å². The summed E-state index contributed by atoms with van der Waals surface area (Å²) >= 11 is 0. The zero-order chi connectivity index (χ0) is 10.6. The Morgan fingerprint density at radius 2 is 1.29 bits per heavy atom. The molecular weight excluding hydrogens is 168 g/mol. The van der Waals surface area contributed by atoms with Gasteiger partial charge < -0.3 is 0 Å². The second-order valence-corrected chi connectivity index (χ2v) is 2.47. The monoisotopic (exact) mass is 184 g/mol. The molecule has 1 rings (SSSR count). The summed E-state index contributed by atoms with van der Waals surface area (Å²) in [4.78, 5) is 0. The molecule has 0 fully saturated rings. The van der Waals surface area contributed by atoms with Crippen molar-refractivity contribution in [1.82, 2.24) is 0 Å². The van der Waals surface area contributed by atoms with E-state index in [1.54, 1.807) is 12.2 Å². The van der Waals surface area contributed by atoms with Crippen molar-refractivity contribution in [3.8, 4) is 0 Å². The fraction of sp³-hybridized carbons (Fsp3) is 0. The first-order chi connectivity index (χ1) is 6.85. The normalized spacial score (nSPS) is 8.57. The van der Waals surface area contributed by atoms with E-state index in [-0.39, 0.29) is 0 Å². The number of hydrogen-bond acceptors (Lipinski definition) is 0. The summed E-state index contributed by atoms with van der Waals surface area (Å²) in [5, 5.41) is 0. The molecule has 72 valence electrons. The van der Waals surface area contributed by atoms with Crippen molar-refractivity contribution in [3.63, 3.8) is 0 Å². The first-order valence-electron chi connectivity index (χ1n) is 4.42. The van der Waals surface area contributed by atoms with E-state index < -0.39 is 0 Å². The van der Waals surface area contributed by atoms with Crippen LogP contribution in [0.2, 0.25) is 0 Å². The minimum absolute atomic E-state index is 1.17. The van der Waals surface area contributed by atoms with E-state index in [0.717, 1.165) is 0 Å². The summed E-state index contributed by atoms with van der Waals surface area (Å²) in [7, 11) is 0. The summed E-state index contributed by atoms with van der Waals surface area (Å²) in [5.41, 5.74) is 1.17. The summed E-state index contributed by atoms with van der Waals surface area (Å²) < 4.78 is 0. The summed E-state index contributed by atoms with van der Waals surface area (Å²) in [6, 6.07) is 10.0. The van der Waals surface area contributed by atoms with Gasteiger partial charge in [0.25, 0.3) is 0 Å². The van der Waals surface area contributed by atoms with Gasteiger partial charge in [0.05, 0.1) is 0 Å². The Hall–Kier alpha value is -1.82. The van der Waals surface area contributed by atoms with E-state index >= 15 is 0 Å². The van der Waals surface area contributed by atoms with Gasteiger partial charge in [-0.25, -0.2) is 0 Å². The zero-order valence-corrected chi connectivity index (χ0v) is 8.39.